The highest BCUT2D eigenvalue weighted by molar-refractivity contribution is 5.46. The molecule has 0 aliphatic heterocycles. The van der Waals surface area contributed by atoms with Crippen molar-refractivity contribution in [3.8, 4) is 11.5 Å². The third-order valence-electron chi connectivity index (χ3n) is 2.04. The van der Waals surface area contributed by atoms with Gasteiger partial charge in [0.2, 0.25) is 0 Å². The summed E-state index contributed by atoms with van der Waals surface area (Å²) in [5.74, 6) is 1.51. The van der Waals surface area contributed by atoms with Crippen LogP contribution in [0.2, 0.25) is 0 Å². The van der Waals surface area contributed by atoms with Crippen molar-refractivity contribution in [3.05, 3.63) is 23.8 Å². The summed E-state index contributed by atoms with van der Waals surface area (Å²) in [6.07, 6.45) is 0.109. The molecule has 1 N–H and O–H groups in total. The van der Waals surface area contributed by atoms with Crippen molar-refractivity contribution >= 4 is 0 Å². The molecule has 4 heteroatoms. The Morgan fingerprint density at radius 3 is 2.56 bits per heavy atom. The highest BCUT2D eigenvalue weighted by Gasteiger charge is 2.11. The zero-order valence-corrected chi connectivity index (χ0v) is 10.2. The average molecular weight is 225 g/mol. The number of hydrogen-bond donors (Lipinski definition) is 1. The van der Waals surface area contributed by atoms with Gasteiger partial charge in [-0.2, -0.15) is 5.48 Å². The van der Waals surface area contributed by atoms with Crippen LogP contribution in [-0.2, 0) is 11.4 Å². The second-order valence-corrected chi connectivity index (χ2v) is 3.64. The first-order valence-corrected chi connectivity index (χ1v) is 5.27. The Hall–Kier alpha value is -1.26. The third-order valence-corrected chi connectivity index (χ3v) is 2.04. The fraction of sp³-hybridized carbons (Fsp3) is 0.500. The van der Waals surface area contributed by atoms with Gasteiger partial charge in [0.05, 0.1) is 20.3 Å². The molecule has 1 aromatic carbocycles. The van der Waals surface area contributed by atoms with Gasteiger partial charge in [-0.05, 0) is 19.9 Å². The number of para-hydroxylation sites is 1. The lowest BCUT2D eigenvalue weighted by Gasteiger charge is -2.17. The molecule has 0 aliphatic rings. The van der Waals surface area contributed by atoms with Gasteiger partial charge in [-0.15, -0.1) is 0 Å². The largest absolute Gasteiger partial charge is 0.493 e. The van der Waals surface area contributed by atoms with Crippen LogP contribution in [0.15, 0.2) is 18.2 Å². The van der Waals surface area contributed by atoms with E-state index in [1.807, 2.05) is 32.0 Å². The molecule has 4 nitrogen and oxygen atoms in total. The summed E-state index contributed by atoms with van der Waals surface area (Å²) in [6, 6.07) is 5.79. The molecule has 90 valence electrons. The molecule has 0 saturated heterocycles. The van der Waals surface area contributed by atoms with Crippen molar-refractivity contribution in [2.75, 3.05) is 14.2 Å². The summed E-state index contributed by atoms with van der Waals surface area (Å²) >= 11 is 0. The van der Waals surface area contributed by atoms with Gasteiger partial charge in [0.15, 0.2) is 11.5 Å². The molecule has 0 saturated carbocycles. The number of rotatable bonds is 6. The Labute approximate surface area is 96.5 Å². The van der Waals surface area contributed by atoms with E-state index in [2.05, 4.69) is 5.48 Å². The number of hydroxylamine groups is 1. The van der Waals surface area contributed by atoms with E-state index in [9.17, 15) is 0 Å². The topological polar surface area (TPSA) is 39.7 Å². The maximum absolute atomic E-state index is 5.74. The molecule has 0 bridgehead atoms. The minimum absolute atomic E-state index is 0.109. The molecule has 16 heavy (non-hydrogen) atoms. The summed E-state index contributed by atoms with van der Waals surface area (Å²) < 4.78 is 11.0. The number of hydrogen-bond acceptors (Lipinski definition) is 4. The van der Waals surface area contributed by atoms with E-state index in [-0.39, 0.29) is 6.10 Å². The molecule has 0 spiro atoms. The lowest BCUT2D eigenvalue weighted by Crippen LogP contribution is -2.14. The van der Waals surface area contributed by atoms with Gasteiger partial charge in [0.25, 0.3) is 0 Å². The predicted octanol–water partition coefficient (Wildman–Crippen LogP) is 2.13. The van der Waals surface area contributed by atoms with Crippen molar-refractivity contribution in [2.24, 2.45) is 0 Å². The maximum Gasteiger partial charge on any atom is 0.166 e. The van der Waals surface area contributed by atoms with Crippen molar-refractivity contribution in [1.82, 2.24) is 5.48 Å². The van der Waals surface area contributed by atoms with E-state index in [4.69, 9.17) is 14.3 Å². The van der Waals surface area contributed by atoms with E-state index >= 15 is 0 Å². The van der Waals surface area contributed by atoms with Gasteiger partial charge in [0, 0.05) is 12.1 Å². The molecule has 0 fully saturated rings. The molecule has 0 aromatic heterocycles. The van der Waals surface area contributed by atoms with E-state index in [1.165, 1.54) is 0 Å². The van der Waals surface area contributed by atoms with Gasteiger partial charge in [-0.3, -0.25) is 0 Å². The monoisotopic (exact) mass is 225 g/mol. The molecule has 0 radical (unpaired) electrons. The average Bonchev–Trinajstić information content (AvgIpc) is 2.27. The highest BCUT2D eigenvalue weighted by atomic mass is 16.6. The van der Waals surface area contributed by atoms with Crippen LogP contribution in [-0.4, -0.2) is 20.3 Å². The molecule has 1 rings (SSSR count). The van der Waals surface area contributed by atoms with Gasteiger partial charge in [-0.1, -0.05) is 12.1 Å². The standard InChI is InChI=1S/C12H19NO3/c1-9(2)16-12-10(8-13-15-4)6-5-7-11(12)14-3/h5-7,9,13H,8H2,1-4H3. The maximum atomic E-state index is 5.74. The predicted molar refractivity (Wildman–Crippen MR) is 62.6 cm³/mol. The molecule has 0 heterocycles. The fourth-order valence-corrected chi connectivity index (χ4v) is 1.38. The summed E-state index contributed by atoms with van der Waals surface area (Å²) in [4.78, 5) is 4.83. The Balaban J connectivity index is 2.95. The number of methoxy groups -OCH3 is 1. The highest BCUT2D eigenvalue weighted by Crippen LogP contribution is 2.31. The van der Waals surface area contributed by atoms with Crippen LogP contribution in [0.3, 0.4) is 0 Å². The summed E-state index contributed by atoms with van der Waals surface area (Å²) in [7, 11) is 3.22. The van der Waals surface area contributed by atoms with Gasteiger partial charge >= 0.3 is 0 Å². The van der Waals surface area contributed by atoms with Crippen LogP contribution < -0.4 is 15.0 Å². The zero-order chi connectivity index (χ0) is 12.0. The summed E-state index contributed by atoms with van der Waals surface area (Å²) in [5, 5.41) is 0. The molecule has 1 aromatic rings. The minimum Gasteiger partial charge on any atom is -0.493 e. The second kappa shape index (κ2) is 6.35. The van der Waals surface area contributed by atoms with Crippen LogP contribution in [0.5, 0.6) is 11.5 Å². The molecule has 0 aliphatic carbocycles. The normalized spacial score (nSPS) is 10.6. The molecular formula is C12H19NO3. The van der Waals surface area contributed by atoms with Crippen molar-refractivity contribution in [2.45, 2.75) is 26.5 Å². The Morgan fingerprint density at radius 2 is 2.00 bits per heavy atom. The van der Waals surface area contributed by atoms with Crippen LogP contribution in [0.4, 0.5) is 0 Å². The SMILES string of the molecule is CONCc1cccc(OC)c1OC(C)C. The van der Waals surface area contributed by atoms with E-state index in [0.717, 1.165) is 17.1 Å². The lowest BCUT2D eigenvalue weighted by atomic mass is 10.2. The smallest absolute Gasteiger partial charge is 0.166 e. The summed E-state index contributed by atoms with van der Waals surface area (Å²) in [5.41, 5.74) is 3.80. The number of nitrogens with one attached hydrogen (secondary N) is 1. The zero-order valence-electron chi connectivity index (χ0n) is 10.2. The van der Waals surface area contributed by atoms with Gasteiger partial charge in [-0.25, -0.2) is 0 Å². The van der Waals surface area contributed by atoms with Gasteiger partial charge in [0.1, 0.15) is 0 Å². The van der Waals surface area contributed by atoms with Crippen LogP contribution in [0.25, 0.3) is 0 Å². The van der Waals surface area contributed by atoms with Crippen LogP contribution in [0.1, 0.15) is 19.4 Å². The molecular weight excluding hydrogens is 206 g/mol. The van der Waals surface area contributed by atoms with E-state index in [1.54, 1.807) is 14.2 Å². The Bertz CT molecular complexity index is 326. The molecule has 0 unspecified atom stereocenters. The first-order valence-electron chi connectivity index (χ1n) is 5.27. The van der Waals surface area contributed by atoms with E-state index in [0.29, 0.717) is 6.54 Å². The first kappa shape index (κ1) is 12.8. The van der Waals surface area contributed by atoms with Gasteiger partial charge < -0.3 is 14.3 Å². The number of ether oxygens (including phenoxy) is 2. The minimum atomic E-state index is 0.109. The van der Waals surface area contributed by atoms with Crippen molar-refractivity contribution in [3.63, 3.8) is 0 Å². The summed E-state index contributed by atoms with van der Waals surface area (Å²) in [6.45, 7) is 4.55. The Kier molecular flexibility index (Phi) is 5.08. The van der Waals surface area contributed by atoms with Crippen LogP contribution >= 0.6 is 0 Å². The second-order valence-electron chi connectivity index (χ2n) is 3.64. The molecule has 0 amide bonds. The molecule has 0 atom stereocenters. The fourth-order valence-electron chi connectivity index (χ4n) is 1.38. The van der Waals surface area contributed by atoms with Crippen LogP contribution in [0, 0.1) is 0 Å². The third kappa shape index (κ3) is 3.40. The number of benzene rings is 1. The van der Waals surface area contributed by atoms with Crippen molar-refractivity contribution < 1.29 is 14.3 Å². The van der Waals surface area contributed by atoms with E-state index < -0.39 is 0 Å². The first-order chi connectivity index (χ1) is 7.69. The van der Waals surface area contributed by atoms with Crippen molar-refractivity contribution in [1.29, 1.82) is 0 Å². The Morgan fingerprint density at radius 1 is 1.25 bits per heavy atom. The quantitative estimate of drug-likeness (QED) is 0.753. The lowest BCUT2D eigenvalue weighted by molar-refractivity contribution is 0.0854.